The van der Waals surface area contributed by atoms with E-state index in [1.54, 1.807) is 0 Å². The molecular formula is C24H30N6. The summed E-state index contributed by atoms with van der Waals surface area (Å²) in [7, 11) is 0. The number of likely N-dealkylation sites (N-methyl/N-ethyl adjacent to an activating group) is 1. The second-order valence-corrected chi connectivity index (χ2v) is 8.11. The number of nitrogens with zero attached hydrogens (tertiary/aromatic N) is 5. The first-order chi connectivity index (χ1) is 14.8. The summed E-state index contributed by atoms with van der Waals surface area (Å²) in [6, 6.07) is 17.3. The van der Waals surface area contributed by atoms with Crippen LogP contribution in [0.15, 0.2) is 54.7 Å². The van der Waals surface area contributed by atoms with E-state index in [0.717, 1.165) is 69.7 Å². The maximum atomic E-state index is 5.27. The number of hydrogen-bond donors (Lipinski definition) is 1. The standard InChI is InChI=1S/C24H30N6/c1-2-28-13-15-29(16-14-28)24-20-8-4-3-7-19(20)17-21(27-24)22-18-25-11-12-30(22)23-9-5-6-10-26-23/h3-10,17,22,25H,2,11-16,18H2,1H3. The van der Waals surface area contributed by atoms with Crippen LogP contribution in [0.2, 0.25) is 0 Å². The van der Waals surface area contributed by atoms with Gasteiger partial charge in [-0.3, -0.25) is 0 Å². The third-order valence-electron chi connectivity index (χ3n) is 6.39. The minimum atomic E-state index is 0.175. The number of piperazine rings is 2. The zero-order chi connectivity index (χ0) is 20.3. The first-order valence-electron chi connectivity index (χ1n) is 11.1. The van der Waals surface area contributed by atoms with Crippen molar-refractivity contribution in [2.75, 3.05) is 62.2 Å². The highest BCUT2D eigenvalue weighted by Gasteiger charge is 2.28. The molecule has 0 spiro atoms. The number of pyridine rings is 2. The Bertz CT molecular complexity index is 983. The van der Waals surface area contributed by atoms with Gasteiger partial charge in [0, 0.05) is 57.4 Å². The fourth-order valence-corrected chi connectivity index (χ4v) is 4.65. The van der Waals surface area contributed by atoms with E-state index in [9.17, 15) is 0 Å². The minimum absolute atomic E-state index is 0.175. The van der Waals surface area contributed by atoms with Crippen molar-refractivity contribution in [3.63, 3.8) is 0 Å². The molecule has 6 nitrogen and oxygen atoms in total. The van der Waals surface area contributed by atoms with Gasteiger partial charge in [0.25, 0.3) is 0 Å². The lowest BCUT2D eigenvalue weighted by atomic mass is 10.0. The van der Waals surface area contributed by atoms with Crippen molar-refractivity contribution in [3.05, 3.63) is 60.4 Å². The van der Waals surface area contributed by atoms with Crippen LogP contribution >= 0.6 is 0 Å². The second kappa shape index (κ2) is 8.58. The molecule has 1 aromatic carbocycles. The Kier molecular flexibility index (Phi) is 5.51. The van der Waals surface area contributed by atoms with Crippen LogP contribution in [-0.4, -0.2) is 67.2 Å². The summed E-state index contributed by atoms with van der Waals surface area (Å²) in [5.41, 5.74) is 1.12. The van der Waals surface area contributed by atoms with E-state index in [0.29, 0.717) is 0 Å². The molecule has 0 aliphatic carbocycles. The van der Waals surface area contributed by atoms with Crippen molar-refractivity contribution in [1.82, 2.24) is 20.2 Å². The summed E-state index contributed by atoms with van der Waals surface area (Å²) in [5.74, 6) is 2.16. The highest BCUT2D eigenvalue weighted by atomic mass is 15.3. The van der Waals surface area contributed by atoms with Gasteiger partial charge in [0.2, 0.25) is 0 Å². The fraction of sp³-hybridized carbons (Fsp3) is 0.417. The topological polar surface area (TPSA) is 47.5 Å². The Labute approximate surface area is 178 Å². The van der Waals surface area contributed by atoms with Gasteiger partial charge in [-0.05, 0) is 30.1 Å². The second-order valence-electron chi connectivity index (χ2n) is 8.11. The number of nitrogens with one attached hydrogen (secondary N) is 1. The Morgan fingerprint density at radius 3 is 2.63 bits per heavy atom. The lowest BCUT2D eigenvalue weighted by Crippen LogP contribution is -2.48. The van der Waals surface area contributed by atoms with Gasteiger partial charge in [0.05, 0.1) is 11.7 Å². The van der Waals surface area contributed by atoms with E-state index >= 15 is 0 Å². The fourth-order valence-electron chi connectivity index (χ4n) is 4.65. The average Bonchev–Trinajstić information content (AvgIpc) is 2.84. The van der Waals surface area contributed by atoms with Crippen LogP contribution < -0.4 is 15.1 Å². The summed E-state index contributed by atoms with van der Waals surface area (Å²) >= 11 is 0. The molecule has 6 heteroatoms. The Hall–Kier alpha value is -2.70. The number of aromatic nitrogens is 2. The van der Waals surface area contributed by atoms with E-state index < -0.39 is 0 Å². The van der Waals surface area contributed by atoms with Crippen LogP contribution in [-0.2, 0) is 0 Å². The largest absolute Gasteiger partial charge is 0.354 e. The Balaban J connectivity index is 1.54. The van der Waals surface area contributed by atoms with Gasteiger partial charge in [-0.2, -0.15) is 0 Å². The van der Waals surface area contributed by atoms with Gasteiger partial charge in [-0.25, -0.2) is 9.97 Å². The molecule has 1 atom stereocenters. The molecule has 0 radical (unpaired) electrons. The van der Waals surface area contributed by atoms with Crippen LogP contribution in [0.25, 0.3) is 10.8 Å². The maximum absolute atomic E-state index is 5.27. The van der Waals surface area contributed by atoms with Gasteiger partial charge in [-0.1, -0.05) is 37.3 Å². The van der Waals surface area contributed by atoms with Crippen LogP contribution in [0.1, 0.15) is 18.7 Å². The molecule has 156 valence electrons. The van der Waals surface area contributed by atoms with Gasteiger partial charge >= 0.3 is 0 Å². The Morgan fingerprint density at radius 2 is 1.83 bits per heavy atom. The number of rotatable bonds is 4. The first kappa shape index (κ1) is 19.3. The molecule has 2 fully saturated rings. The van der Waals surface area contributed by atoms with Gasteiger partial charge in [0.1, 0.15) is 11.6 Å². The van der Waals surface area contributed by atoms with Crippen molar-refractivity contribution in [1.29, 1.82) is 0 Å². The molecule has 0 saturated carbocycles. The summed E-state index contributed by atoms with van der Waals surface area (Å²) in [5, 5.41) is 6.08. The molecule has 0 bridgehead atoms. The molecule has 2 aliphatic rings. The summed E-state index contributed by atoms with van der Waals surface area (Å²) in [4.78, 5) is 17.3. The van der Waals surface area contributed by atoms with E-state index in [1.807, 2.05) is 12.3 Å². The Morgan fingerprint density at radius 1 is 1.00 bits per heavy atom. The smallest absolute Gasteiger partial charge is 0.136 e. The molecular weight excluding hydrogens is 372 g/mol. The van der Waals surface area contributed by atoms with Crippen molar-refractivity contribution < 1.29 is 0 Å². The van der Waals surface area contributed by atoms with E-state index in [2.05, 4.69) is 74.4 Å². The van der Waals surface area contributed by atoms with Gasteiger partial charge in [-0.15, -0.1) is 0 Å². The third kappa shape index (κ3) is 3.73. The third-order valence-corrected chi connectivity index (χ3v) is 6.39. The highest BCUT2D eigenvalue weighted by molar-refractivity contribution is 5.92. The molecule has 1 unspecified atom stereocenters. The summed E-state index contributed by atoms with van der Waals surface area (Å²) in [6.45, 7) is 10.4. The molecule has 5 rings (SSSR count). The molecule has 30 heavy (non-hydrogen) atoms. The average molecular weight is 403 g/mol. The summed E-state index contributed by atoms with van der Waals surface area (Å²) < 4.78 is 0. The van der Waals surface area contributed by atoms with Crippen molar-refractivity contribution in [3.8, 4) is 0 Å². The zero-order valence-electron chi connectivity index (χ0n) is 17.7. The van der Waals surface area contributed by atoms with E-state index in [4.69, 9.17) is 4.98 Å². The predicted octanol–water partition coefficient (Wildman–Crippen LogP) is 2.92. The number of hydrogen-bond acceptors (Lipinski definition) is 6. The molecule has 0 amide bonds. The van der Waals surface area contributed by atoms with E-state index in [-0.39, 0.29) is 6.04 Å². The molecule has 3 aromatic rings. The minimum Gasteiger partial charge on any atom is -0.354 e. The monoisotopic (exact) mass is 402 g/mol. The van der Waals surface area contributed by atoms with Crippen LogP contribution in [0, 0.1) is 0 Å². The lowest BCUT2D eigenvalue weighted by molar-refractivity contribution is 0.270. The first-order valence-corrected chi connectivity index (χ1v) is 11.1. The lowest BCUT2D eigenvalue weighted by Gasteiger charge is -2.38. The quantitative estimate of drug-likeness (QED) is 0.724. The molecule has 2 aromatic heterocycles. The van der Waals surface area contributed by atoms with Crippen LogP contribution in [0.3, 0.4) is 0 Å². The summed E-state index contributed by atoms with van der Waals surface area (Å²) in [6.07, 6.45) is 1.88. The normalized spacial score (nSPS) is 20.6. The maximum Gasteiger partial charge on any atom is 0.136 e. The molecule has 4 heterocycles. The van der Waals surface area contributed by atoms with Crippen molar-refractivity contribution >= 4 is 22.4 Å². The van der Waals surface area contributed by atoms with E-state index in [1.165, 1.54) is 10.8 Å². The zero-order valence-corrected chi connectivity index (χ0v) is 17.7. The number of benzene rings is 1. The molecule has 2 aliphatic heterocycles. The van der Waals surface area contributed by atoms with Crippen molar-refractivity contribution in [2.24, 2.45) is 0 Å². The van der Waals surface area contributed by atoms with Crippen molar-refractivity contribution in [2.45, 2.75) is 13.0 Å². The number of anilines is 2. The number of fused-ring (bicyclic) bond motifs is 1. The SMILES string of the molecule is CCN1CCN(c2nc(C3CNCCN3c3ccccn3)cc3ccccc23)CC1. The predicted molar refractivity (Wildman–Crippen MR) is 123 cm³/mol. The van der Waals surface area contributed by atoms with Gasteiger partial charge < -0.3 is 20.0 Å². The highest BCUT2D eigenvalue weighted by Crippen LogP contribution is 2.32. The van der Waals surface area contributed by atoms with Gasteiger partial charge in [0.15, 0.2) is 0 Å². The van der Waals surface area contributed by atoms with Crippen LogP contribution in [0.4, 0.5) is 11.6 Å². The molecule has 1 N–H and O–H groups in total. The molecule has 2 saturated heterocycles. The van der Waals surface area contributed by atoms with Crippen LogP contribution in [0.5, 0.6) is 0 Å².